The fourth-order valence-electron chi connectivity index (χ4n) is 2.73. The Morgan fingerprint density at radius 1 is 1.27 bits per heavy atom. The monoisotopic (exact) mass is 210 g/mol. The lowest BCUT2D eigenvalue weighted by molar-refractivity contribution is 0.160. The van der Waals surface area contributed by atoms with Crippen molar-refractivity contribution in [2.75, 3.05) is 26.2 Å². The normalized spacial score (nSPS) is 28.6. The largest absolute Gasteiger partial charge is 0.311 e. The van der Waals surface area contributed by atoms with E-state index in [2.05, 4.69) is 24.1 Å². The van der Waals surface area contributed by atoms with Gasteiger partial charge >= 0.3 is 0 Å². The maximum absolute atomic E-state index is 3.68. The van der Waals surface area contributed by atoms with Crippen LogP contribution in [0.3, 0.4) is 0 Å². The smallest absolute Gasteiger partial charge is 0.0223 e. The molecule has 1 unspecified atom stereocenters. The molecule has 2 fully saturated rings. The van der Waals surface area contributed by atoms with Crippen LogP contribution in [0.15, 0.2) is 0 Å². The molecule has 2 heteroatoms. The molecular weight excluding hydrogens is 184 g/mol. The molecule has 1 aliphatic carbocycles. The zero-order valence-electron chi connectivity index (χ0n) is 10.3. The zero-order valence-corrected chi connectivity index (χ0v) is 10.3. The molecule has 1 atom stereocenters. The van der Waals surface area contributed by atoms with Gasteiger partial charge in [0.15, 0.2) is 0 Å². The van der Waals surface area contributed by atoms with Gasteiger partial charge in [-0.3, -0.25) is 0 Å². The van der Waals surface area contributed by atoms with E-state index in [0.717, 1.165) is 17.9 Å². The van der Waals surface area contributed by atoms with Gasteiger partial charge in [0.25, 0.3) is 0 Å². The van der Waals surface area contributed by atoms with Crippen LogP contribution in [0.25, 0.3) is 0 Å². The van der Waals surface area contributed by atoms with E-state index in [0.29, 0.717) is 0 Å². The summed E-state index contributed by atoms with van der Waals surface area (Å²) in [6.45, 7) is 9.77. The summed E-state index contributed by atoms with van der Waals surface area (Å²) >= 11 is 0. The molecule has 0 bridgehead atoms. The summed E-state index contributed by atoms with van der Waals surface area (Å²) in [6.07, 6.45) is 5.62. The van der Waals surface area contributed by atoms with Gasteiger partial charge in [-0.25, -0.2) is 0 Å². The van der Waals surface area contributed by atoms with Crippen LogP contribution in [0.4, 0.5) is 0 Å². The molecule has 1 N–H and O–H groups in total. The Morgan fingerprint density at radius 2 is 2.00 bits per heavy atom. The number of hydrogen-bond donors (Lipinski definition) is 1. The van der Waals surface area contributed by atoms with Crippen molar-refractivity contribution >= 4 is 0 Å². The Balaban J connectivity index is 1.76. The molecule has 2 rings (SSSR count). The molecule has 1 saturated carbocycles. The van der Waals surface area contributed by atoms with E-state index in [1.54, 1.807) is 0 Å². The Bertz CT molecular complexity index is 183. The highest BCUT2D eigenvalue weighted by atomic mass is 15.2. The van der Waals surface area contributed by atoms with Crippen molar-refractivity contribution in [2.45, 2.75) is 45.6 Å². The molecule has 1 saturated heterocycles. The van der Waals surface area contributed by atoms with Gasteiger partial charge in [0.2, 0.25) is 0 Å². The van der Waals surface area contributed by atoms with E-state index in [4.69, 9.17) is 0 Å². The topological polar surface area (TPSA) is 15.3 Å². The van der Waals surface area contributed by atoms with E-state index in [-0.39, 0.29) is 0 Å². The maximum Gasteiger partial charge on any atom is 0.0223 e. The number of nitrogens with one attached hydrogen (secondary N) is 1. The highest BCUT2D eigenvalue weighted by Gasteiger charge is 2.34. The minimum atomic E-state index is 0.813. The first-order valence-electron chi connectivity index (χ1n) is 6.79. The highest BCUT2D eigenvalue weighted by Crippen LogP contribution is 2.33. The minimum absolute atomic E-state index is 0.813. The molecule has 88 valence electrons. The molecule has 0 aromatic rings. The molecule has 15 heavy (non-hydrogen) atoms. The Hall–Kier alpha value is -0.0800. The maximum atomic E-state index is 3.68. The lowest BCUT2D eigenvalue weighted by Crippen LogP contribution is -2.52. The van der Waals surface area contributed by atoms with Crippen LogP contribution in [0.5, 0.6) is 0 Å². The van der Waals surface area contributed by atoms with Crippen molar-refractivity contribution in [3.63, 3.8) is 0 Å². The summed E-state index contributed by atoms with van der Waals surface area (Å²) in [5.74, 6) is 1.93. The van der Waals surface area contributed by atoms with Gasteiger partial charge in [-0.05, 0) is 24.7 Å². The van der Waals surface area contributed by atoms with Gasteiger partial charge < -0.3 is 10.2 Å². The molecule has 0 aromatic carbocycles. The summed E-state index contributed by atoms with van der Waals surface area (Å²) in [5.41, 5.74) is 0. The highest BCUT2D eigenvalue weighted by molar-refractivity contribution is 4.91. The third-order valence-corrected chi connectivity index (χ3v) is 4.15. The summed E-state index contributed by atoms with van der Waals surface area (Å²) in [5, 5.41) is 3.68. The van der Waals surface area contributed by atoms with E-state index in [9.17, 15) is 0 Å². The second kappa shape index (κ2) is 5.31. The molecule has 1 heterocycles. The average molecular weight is 210 g/mol. The van der Waals surface area contributed by atoms with Crippen LogP contribution in [-0.4, -0.2) is 37.1 Å². The summed E-state index contributed by atoms with van der Waals surface area (Å²) < 4.78 is 0. The van der Waals surface area contributed by atoms with E-state index in [1.165, 1.54) is 51.9 Å². The average Bonchev–Trinajstić information content (AvgIpc) is 3.10. The molecule has 0 spiro atoms. The molecule has 0 radical (unpaired) electrons. The van der Waals surface area contributed by atoms with E-state index >= 15 is 0 Å². The van der Waals surface area contributed by atoms with E-state index in [1.807, 2.05) is 0 Å². The minimum Gasteiger partial charge on any atom is -0.311 e. The van der Waals surface area contributed by atoms with Crippen molar-refractivity contribution in [2.24, 2.45) is 11.8 Å². The van der Waals surface area contributed by atoms with E-state index < -0.39 is 0 Å². The van der Waals surface area contributed by atoms with Crippen LogP contribution < -0.4 is 5.32 Å². The summed E-state index contributed by atoms with van der Waals surface area (Å²) in [7, 11) is 0. The van der Waals surface area contributed by atoms with Crippen molar-refractivity contribution in [3.05, 3.63) is 0 Å². The van der Waals surface area contributed by atoms with Gasteiger partial charge in [0.1, 0.15) is 0 Å². The number of rotatable bonds is 5. The number of piperazine rings is 1. The van der Waals surface area contributed by atoms with Crippen LogP contribution >= 0.6 is 0 Å². The molecular formula is C13H26N2. The van der Waals surface area contributed by atoms with Crippen LogP contribution in [0, 0.1) is 11.8 Å². The predicted molar refractivity (Wildman–Crippen MR) is 65.0 cm³/mol. The third-order valence-electron chi connectivity index (χ3n) is 4.15. The first-order chi connectivity index (χ1) is 7.33. The lowest BCUT2D eigenvalue weighted by atomic mass is 10.0. The van der Waals surface area contributed by atoms with Gasteiger partial charge in [-0.1, -0.05) is 26.7 Å². The summed E-state index contributed by atoms with van der Waals surface area (Å²) in [4.78, 5) is 2.69. The van der Waals surface area contributed by atoms with Crippen molar-refractivity contribution in [1.29, 1.82) is 0 Å². The van der Waals surface area contributed by atoms with Crippen molar-refractivity contribution in [3.8, 4) is 0 Å². The fraction of sp³-hybridized carbons (Fsp3) is 1.00. The first-order valence-corrected chi connectivity index (χ1v) is 6.79. The zero-order chi connectivity index (χ0) is 10.7. The van der Waals surface area contributed by atoms with Crippen molar-refractivity contribution in [1.82, 2.24) is 10.2 Å². The number of nitrogens with zero attached hydrogens (tertiary/aromatic N) is 1. The molecule has 2 aliphatic rings. The second-order valence-corrected chi connectivity index (χ2v) is 5.34. The van der Waals surface area contributed by atoms with Gasteiger partial charge in [-0.15, -0.1) is 0 Å². The van der Waals surface area contributed by atoms with Gasteiger partial charge in [0, 0.05) is 32.2 Å². The second-order valence-electron chi connectivity index (χ2n) is 5.34. The van der Waals surface area contributed by atoms with Gasteiger partial charge in [0.05, 0.1) is 0 Å². The first kappa shape index (κ1) is 11.4. The lowest BCUT2D eigenvalue weighted by Gasteiger charge is -2.35. The standard InChI is InChI=1S/C13H26N2/c1-3-11(4-2)9-15-8-7-14-13(10-15)12-5-6-12/h11-14H,3-10H2,1-2H3. The Morgan fingerprint density at radius 3 is 2.60 bits per heavy atom. The summed E-state index contributed by atoms with van der Waals surface area (Å²) in [6, 6.07) is 0.813. The van der Waals surface area contributed by atoms with Crippen LogP contribution in [0.2, 0.25) is 0 Å². The Labute approximate surface area is 94.4 Å². The quantitative estimate of drug-likeness (QED) is 0.747. The number of hydrogen-bond acceptors (Lipinski definition) is 2. The van der Waals surface area contributed by atoms with Crippen LogP contribution in [0.1, 0.15) is 39.5 Å². The third kappa shape index (κ3) is 3.18. The molecule has 0 aromatic heterocycles. The Kier molecular flexibility index (Phi) is 4.04. The molecule has 0 amide bonds. The van der Waals surface area contributed by atoms with Gasteiger partial charge in [-0.2, -0.15) is 0 Å². The molecule has 2 nitrogen and oxygen atoms in total. The fourth-order valence-corrected chi connectivity index (χ4v) is 2.73. The predicted octanol–water partition coefficient (Wildman–Crippen LogP) is 2.11. The van der Waals surface area contributed by atoms with Crippen LogP contribution in [-0.2, 0) is 0 Å². The molecule has 1 aliphatic heterocycles. The SMILES string of the molecule is CCC(CC)CN1CCNC(C2CC2)C1. The van der Waals surface area contributed by atoms with Crippen molar-refractivity contribution < 1.29 is 0 Å².